The van der Waals surface area contributed by atoms with Gasteiger partial charge in [0.25, 0.3) is 0 Å². The first-order valence-electron chi connectivity index (χ1n) is 2.46. The van der Waals surface area contributed by atoms with E-state index in [9.17, 15) is 25.2 Å². The van der Waals surface area contributed by atoms with Crippen molar-refractivity contribution in [2.24, 2.45) is 0 Å². The molecule has 0 heterocycles. The Bertz CT molecular complexity index is 195. The van der Waals surface area contributed by atoms with Crippen molar-refractivity contribution in [2.75, 3.05) is 0 Å². The van der Waals surface area contributed by atoms with Gasteiger partial charge in [0.2, 0.25) is 0 Å². The minimum Gasteiger partial charge on any atom is 1.00 e. The zero-order valence-corrected chi connectivity index (χ0v) is 8.75. The summed E-state index contributed by atoms with van der Waals surface area (Å²) < 4.78 is 59.2. The molecule has 0 aromatic carbocycles. The van der Waals surface area contributed by atoms with Crippen molar-refractivity contribution in [2.45, 2.75) is 13.8 Å². The summed E-state index contributed by atoms with van der Waals surface area (Å²) >= 11 is 0. The van der Waals surface area contributed by atoms with Gasteiger partial charge in [0.15, 0.2) is 0 Å². The van der Waals surface area contributed by atoms with Gasteiger partial charge in [0.05, 0.1) is 12.1 Å². The molecule has 0 radical (unpaired) electrons. The zero-order chi connectivity index (χ0) is 11.8. The van der Waals surface area contributed by atoms with Gasteiger partial charge in [-0.2, -0.15) is 10.5 Å². The fourth-order valence-electron chi connectivity index (χ4n) is 0. The van der Waals surface area contributed by atoms with E-state index in [1.165, 1.54) is 13.8 Å². The minimum absolute atomic E-state index is 0. The fourth-order valence-corrected chi connectivity index (χ4v) is 0. The van der Waals surface area contributed by atoms with Crippen LogP contribution in [0.2, 0.25) is 0 Å². The molecule has 0 aliphatic rings. The van der Waals surface area contributed by atoms with Gasteiger partial charge < -0.3 is 0 Å². The zero-order valence-electron chi connectivity index (χ0n) is 6.91. The van der Waals surface area contributed by atoms with E-state index in [0.717, 1.165) is 0 Å². The Labute approximate surface area is 87.2 Å². The van der Waals surface area contributed by atoms with E-state index in [2.05, 4.69) is 0 Å². The third-order valence-corrected chi connectivity index (χ3v) is 0. The van der Waals surface area contributed by atoms with Gasteiger partial charge in [0, 0.05) is 13.8 Å². The number of hydrogen-bond donors (Lipinski definition) is 0. The van der Waals surface area contributed by atoms with E-state index in [1.807, 2.05) is 0 Å². The van der Waals surface area contributed by atoms with Crippen molar-refractivity contribution in [3.63, 3.8) is 0 Å². The maximum atomic E-state index is 9.87. The molecule has 0 saturated heterocycles. The molecule has 90 valence electrons. The second kappa shape index (κ2) is 6.08. The molecule has 0 bridgehead atoms. The number of halogens is 6. The van der Waals surface area contributed by atoms with Gasteiger partial charge >= 0.3 is 50.1 Å². The average Bonchev–Trinajstić information content (AvgIpc) is 1.57. The summed E-state index contributed by atoms with van der Waals surface area (Å²) in [5, 5.41) is 14.6. The smallest absolute Gasteiger partial charge is 1.00 e. The normalized spacial score (nSPS) is 12.7. The molecule has 0 aliphatic carbocycles. The van der Waals surface area contributed by atoms with Crippen LogP contribution in [0.25, 0.3) is 0 Å². The van der Waals surface area contributed by atoms with Gasteiger partial charge in [-0.25, -0.2) is 0 Å². The van der Waals surface area contributed by atoms with E-state index in [-0.39, 0.29) is 17.1 Å². The number of rotatable bonds is 0. The van der Waals surface area contributed by atoms with Crippen LogP contribution in [0.15, 0.2) is 0 Å². The molecule has 0 saturated carbocycles. The van der Waals surface area contributed by atoms with Gasteiger partial charge in [-0.1, -0.05) is 0 Å². The predicted molar refractivity (Wildman–Crippen MR) is 36.1 cm³/mol. The second-order valence-corrected chi connectivity index (χ2v) is 3.32. The monoisotopic (exact) mass is 290 g/mol. The molecule has 10 heteroatoms. The molecule has 0 unspecified atom stereocenters. The van der Waals surface area contributed by atoms with Crippen molar-refractivity contribution in [3.05, 3.63) is 0 Å². The quantitative estimate of drug-likeness (QED) is 0.376. The molecule has 0 amide bonds. The van der Waals surface area contributed by atoms with Crippen LogP contribution in [0, 0.1) is 22.7 Å². The van der Waals surface area contributed by atoms with Crippen molar-refractivity contribution in [1.29, 1.82) is 10.5 Å². The Morgan fingerprint density at radius 3 is 0.786 bits per heavy atom. The van der Waals surface area contributed by atoms with Crippen LogP contribution in [0.5, 0.6) is 0 Å². The fraction of sp³-hybridized carbons (Fsp3) is 0.500. The first kappa shape index (κ1) is 23.4. The molecular weight excluding hydrogens is 285 g/mol. The van der Waals surface area contributed by atoms with Crippen LogP contribution in [-0.2, 0) is 17.1 Å². The Kier molecular flexibility index (Phi) is 10.2. The van der Waals surface area contributed by atoms with Crippen molar-refractivity contribution in [1.82, 2.24) is 0 Å². The molecule has 0 aliphatic heterocycles. The number of hydrogen-bond acceptors (Lipinski definition) is 2. The van der Waals surface area contributed by atoms with Crippen LogP contribution in [0.1, 0.15) is 13.8 Å². The molecule has 0 spiro atoms. The molecule has 0 rings (SSSR count). The Morgan fingerprint density at radius 1 is 0.786 bits per heavy atom. The van der Waals surface area contributed by atoms with Crippen molar-refractivity contribution in [3.8, 4) is 12.1 Å². The third kappa shape index (κ3) is 5280. The van der Waals surface area contributed by atoms with Crippen LogP contribution < -0.4 is 0 Å². The molecule has 0 fully saturated rings. The SMILES string of the molecule is CC#N.CC#N.F[P-](F)(F)(F)(F)F.[Cu+]. The van der Waals surface area contributed by atoms with Gasteiger partial charge in [0.1, 0.15) is 0 Å². The van der Waals surface area contributed by atoms with E-state index in [1.54, 1.807) is 12.1 Å². The first-order chi connectivity index (χ1) is 5.28. The summed E-state index contributed by atoms with van der Waals surface area (Å²) in [6, 6.07) is 3.50. The Hall–Kier alpha value is -0.491. The van der Waals surface area contributed by atoms with E-state index in [4.69, 9.17) is 10.5 Å². The first-order valence-corrected chi connectivity index (χ1v) is 4.49. The van der Waals surface area contributed by atoms with E-state index in [0.29, 0.717) is 0 Å². The van der Waals surface area contributed by atoms with Crippen molar-refractivity contribution < 1.29 is 42.3 Å². The summed E-state index contributed by atoms with van der Waals surface area (Å²) in [6.45, 7) is 2.86. The molecule has 2 nitrogen and oxygen atoms in total. The Morgan fingerprint density at radius 2 is 0.786 bits per heavy atom. The predicted octanol–water partition coefficient (Wildman–Crippen LogP) is 4.44. The van der Waals surface area contributed by atoms with Gasteiger partial charge in [-0.3, -0.25) is 0 Å². The number of nitrogens with zero attached hydrogens (tertiary/aromatic N) is 2. The summed E-state index contributed by atoms with van der Waals surface area (Å²) in [6.07, 6.45) is 0. The largest absolute Gasteiger partial charge is 1.00 e. The third-order valence-electron chi connectivity index (χ3n) is 0. The van der Waals surface area contributed by atoms with E-state index < -0.39 is 7.81 Å². The second-order valence-electron chi connectivity index (χ2n) is 1.41. The van der Waals surface area contributed by atoms with Crippen LogP contribution in [-0.4, -0.2) is 0 Å². The summed E-state index contributed by atoms with van der Waals surface area (Å²) in [5.41, 5.74) is 0. The molecule has 0 N–H and O–H groups in total. The van der Waals surface area contributed by atoms with Gasteiger partial charge in [-0.05, 0) is 0 Å². The van der Waals surface area contributed by atoms with Crippen LogP contribution in [0.3, 0.4) is 0 Å². The number of nitriles is 2. The molecule has 0 aromatic rings. The molecular formula is C4H6CuF6N2P. The van der Waals surface area contributed by atoms with Crippen LogP contribution in [0.4, 0.5) is 25.2 Å². The van der Waals surface area contributed by atoms with Crippen molar-refractivity contribution >= 4 is 7.81 Å². The standard InChI is InChI=1S/2C2H3N.Cu.F6P/c2*1-2-3;;1-7(2,3,4,5)6/h2*1H3;;/q;;+1;-1. The average molecular weight is 291 g/mol. The minimum atomic E-state index is -10.7. The van der Waals surface area contributed by atoms with Crippen LogP contribution >= 0.6 is 7.81 Å². The Balaban J connectivity index is -0.0000000610. The molecule has 0 aromatic heterocycles. The van der Waals surface area contributed by atoms with Gasteiger partial charge in [-0.15, -0.1) is 0 Å². The maximum Gasteiger partial charge on any atom is 1.00 e. The summed E-state index contributed by atoms with van der Waals surface area (Å²) in [4.78, 5) is 0. The molecule has 14 heavy (non-hydrogen) atoms. The topological polar surface area (TPSA) is 47.6 Å². The van der Waals surface area contributed by atoms with E-state index >= 15 is 0 Å². The summed E-state index contributed by atoms with van der Waals surface area (Å²) in [7, 11) is -10.7. The maximum absolute atomic E-state index is 10.7. The summed E-state index contributed by atoms with van der Waals surface area (Å²) in [5.74, 6) is 0. The molecule has 0 atom stereocenters.